The molecule has 0 aromatic heterocycles. The van der Waals surface area contributed by atoms with Gasteiger partial charge in [-0.1, -0.05) is 13.8 Å². The number of carbonyl (C=O) groups is 2. The molecule has 5 heteroatoms. The SMILES string of the molecule is CCC(C)(CC)NC(=O)NCC(C)(C)C(=O)O. The number of hydrogen-bond donors (Lipinski definition) is 3. The molecule has 0 atom stereocenters. The van der Waals surface area contributed by atoms with Gasteiger partial charge in [0.05, 0.1) is 5.41 Å². The lowest BCUT2D eigenvalue weighted by Crippen LogP contribution is -2.51. The van der Waals surface area contributed by atoms with E-state index in [1.165, 1.54) is 0 Å². The van der Waals surface area contributed by atoms with Gasteiger partial charge in [-0.3, -0.25) is 4.79 Å². The smallest absolute Gasteiger partial charge is 0.315 e. The number of nitrogens with one attached hydrogen (secondary N) is 2. The van der Waals surface area contributed by atoms with Crippen molar-refractivity contribution < 1.29 is 14.7 Å². The van der Waals surface area contributed by atoms with Gasteiger partial charge in [0.2, 0.25) is 0 Å². The second-order valence-corrected chi connectivity index (χ2v) is 5.26. The third-order valence-electron chi connectivity index (χ3n) is 3.25. The monoisotopic (exact) mass is 244 g/mol. The van der Waals surface area contributed by atoms with Crippen LogP contribution in [0.3, 0.4) is 0 Å². The molecule has 2 amide bonds. The molecule has 3 N–H and O–H groups in total. The second kappa shape index (κ2) is 5.89. The highest BCUT2D eigenvalue weighted by molar-refractivity contribution is 5.77. The van der Waals surface area contributed by atoms with E-state index < -0.39 is 11.4 Å². The van der Waals surface area contributed by atoms with E-state index >= 15 is 0 Å². The molecule has 0 unspecified atom stereocenters. The van der Waals surface area contributed by atoms with Crippen LogP contribution in [0.2, 0.25) is 0 Å². The summed E-state index contributed by atoms with van der Waals surface area (Å²) in [6.45, 7) is 9.24. The number of carbonyl (C=O) groups excluding carboxylic acids is 1. The molecule has 17 heavy (non-hydrogen) atoms. The van der Waals surface area contributed by atoms with Gasteiger partial charge in [-0.05, 0) is 33.6 Å². The second-order valence-electron chi connectivity index (χ2n) is 5.26. The van der Waals surface area contributed by atoms with E-state index in [1.54, 1.807) is 13.8 Å². The van der Waals surface area contributed by atoms with Crippen LogP contribution in [0, 0.1) is 5.41 Å². The van der Waals surface area contributed by atoms with Crippen LogP contribution >= 0.6 is 0 Å². The van der Waals surface area contributed by atoms with E-state index in [0.717, 1.165) is 12.8 Å². The minimum atomic E-state index is -0.952. The highest BCUT2D eigenvalue weighted by Gasteiger charge is 2.28. The number of hydrogen-bond acceptors (Lipinski definition) is 2. The Bertz CT molecular complexity index is 283. The van der Waals surface area contributed by atoms with Gasteiger partial charge in [-0.15, -0.1) is 0 Å². The summed E-state index contributed by atoms with van der Waals surface area (Å²) in [5.74, 6) is -0.924. The van der Waals surface area contributed by atoms with E-state index in [2.05, 4.69) is 10.6 Å². The van der Waals surface area contributed by atoms with E-state index in [9.17, 15) is 9.59 Å². The molecular weight excluding hydrogens is 220 g/mol. The fourth-order valence-electron chi connectivity index (χ4n) is 1.12. The molecule has 0 aromatic rings. The van der Waals surface area contributed by atoms with Crippen molar-refractivity contribution >= 4 is 12.0 Å². The average Bonchev–Trinajstić information content (AvgIpc) is 2.26. The van der Waals surface area contributed by atoms with Crippen LogP contribution in [0.4, 0.5) is 4.79 Å². The van der Waals surface area contributed by atoms with Crippen molar-refractivity contribution in [2.75, 3.05) is 6.54 Å². The van der Waals surface area contributed by atoms with E-state index in [1.807, 2.05) is 20.8 Å². The van der Waals surface area contributed by atoms with Crippen molar-refractivity contribution in [2.45, 2.75) is 53.0 Å². The first-order chi connectivity index (χ1) is 7.67. The minimum Gasteiger partial charge on any atom is -0.481 e. The largest absolute Gasteiger partial charge is 0.481 e. The van der Waals surface area contributed by atoms with Crippen LogP contribution in [0.5, 0.6) is 0 Å². The van der Waals surface area contributed by atoms with E-state index in [4.69, 9.17) is 5.11 Å². The molecule has 0 saturated heterocycles. The van der Waals surface area contributed by atoms with Gasteiger partial charge in [0.1, 0.15) is 0 Å². The lowest BCUT2D eigenvalue weighted by Gasteiger charge is -2.29. The summed E-state index contributed by atoms with van der Waals surface area (Å²) >= 11 is 0. The van der Waals surface area contributed by atoms with Crippen LogP contribution in [0.25, 0.3) is 0 Å². The van der Waals surface area contributed by atoms with Gasteiger partial charge in [0, 0.05) is 12.1 Å². The van der Waals surface area contributed by atoms with Crippen molar-refractivity contribution in [1.29, 1.82) is 0 Å². The molecule has 100 valence electrons. The van der Waals surface area contributed by atoms with Gasteiger partial charge in [0.25, 0.3) is 0 Å². The quantitative estimate of drug-likeness (QED) is 0.668. The third-order valence-corrected chi connectivity index (χ3v) is 3.25. The first kappa shape index (κ1) is 15.7. The number of carboxylic acid groups (broad SMARTS) is 1. The zero-order valence-electron chi connectivity index (χ0n) is 11.4. The Morgan fingerprint density at radius 2 is 1.59 bits per heavy atom. The molecule has 0 aromatic carbocycles. The van der Waals surface area contributed by atoms with Crippen LogP contribution < -0.4 is 10.6 Å². The Hall–Kier alpha value is -1.26. The molecule has 0 bridgehead atoms. The van der Waals surface area contributed by atoms with Gasteiger partial charge < -0.3 is 15.7 Å². The third kappa shape index (κ3) is 5.06. The molecular formula is C12H24N2O3. The fourth-order valence-corrected chi connectivity index (χ4v) is 1.12. The normalized spacial score (nSPS) is 12.1. The zero-order valence-corrected chi connectivity index (χ0v) is 11.4. The molecule has 0 spiro atoms. The number of carboxylic acids is 1. The first-order valence-electron chi connectivity index (χ1n) is 5.96. The highest BCUT2D eigenvalue weighted by Crippen LogP contribution is 2.15. The summed E-state index contributed by atoms with van der Waals surface area (Å²) in [4.78, 5) is 22.5. The maximum absolute atomic E-state index is 11.6. The summed E-state index contributed by atoms with van der Waals surface area (Å²) < 4.78 is 0. The van der Waals surface area contributed by atoms with Crippen molar-refractivity contribution in [1.82, 2.24) is 10.6 Å². The van der Waals surface area contributed by atoms with E-state index in [-0.39, 0.29) is 18.1 Å². The molecule has 0 heterocycles. The molecule has 5 nitrogen and oxygen atoms in total. The lowest BCUT2D eigenvalue weighted by atomic mass is 9.94. The zero-order chi connectivity index (χ0) is 13.7. The molecule has 0 fully saturated rings. The van der Waals surface area contributed by atoms with Crippen molar-refractivity contribution in [3.05, 3.63) is 0 Å². The summed E-state index contributed by atoms with van der Waals surface area (Å²) in [5, 5.41) is 14.4. The number of aliphatic carboxylic acids is 1. The van der Waals surface area contributed by atoms with Gasteiger partial charge in [0.15, 0.2) is 0 Å². The fraction of sp³-hybridized carbons (Fsp3) is 0.833. The Balaban J connectivity index is 4.26. The Morgan fingerprint density at radius 3 is 1.94 bits per heavy atom. The highest BCUT2D eigenvalue weighted by atomic mass is 16.4. The maximum atomic E-state index is 11.6. The van der Waals surface area contributed by atoms with Crippen LogP contribution in [0.1, 0.15) is 47.5 Å². The lowest BCUT2D eigenvalue weighted by molar-refractivity contribution is -0.146. The van der Waals surface area contributed by atoms with Gasteiger partial charge >= 0.3 is 12.0 Å². The Kier molecular flexibility index (Phi) is 5.45. The molecule has 0 rings (SSSR count). The molecule has 0 radical (unpaired) electrons. The summed E-state index contributed by atoms with van der Waals surface area (Å²) in [6.07, 6.45) is 1.67. The molecule has 0 aliphatic rings. The summed E-state index contributed by atoms with van der Waals surface area (Å²) in [5.41, 5.74) is -1.19. The van der Waals surface area contributed by atoms with E-state index in [0.29, 0.717) is 0 Å². The minimum absolute atomic E-state index is 0.109. The van der Waals surface area contributed by atoms with Crippen molar-refractivity contribution in [3.8, 4) is 0 Å². The topological polar surface area (TPSA) is 78.4 Å². The molecule has 0 aliphatic heterocycles. The molecule has 0 saturated carbocycles. The standard InChI is InChI=1S/C12H24N2O3/c1-6-12(5,7-2)14-10(17)13-8-11(3,4)9(15)16/h6-8H2,1-5H3,(H,15,16)(H2,13,14,17). The Morgan fingerprint density at radius 1 is 1.12 bits per heavy atom. The predicted molar refractivity (Wildman–Crippen MR) is 66.9 cm³/mol. The first-order valence-corrected chi connectivity index (χ1v) is 5.96. The van der Waals surface area contributed by atoms with Crippen LogP contribution in [0.15, 0.2) is 0 Å². The van der Waals surface area contributed by atoms with Crippen molar-refractivity contribution in [2.24, 2.45) is 5.41 Å². The molecule has 0 aliphatic carbocycles. The summed E-state index contributed by atoms with van der Waals surface area (Å²) in [6, 6.07) is -0.314. The van der Waals surface area contributed by atoms with Crippen LogP contribution in [-0.4, -0.2) is 29.2 Å². The number of amides is 2. The van der Waals surface area contributed by atoms with Crippen molar-refractivity contribution in [3.63, 3.8) is 0 Å². The Labute approximate surface area is 103 Å². The maximum Gasteiger partial charge on any atom is 0.315 e. The predicted octanol–water partition coefficient (Wildman–Crippen LogP) is 1.98. The number of urea groups is 1. The van der Waals surface area contributed by atoms with Gasteiger partial charge in [-0.2, -0.15) is 0 Å². The van der Waals surface area contributed by atoms with Gasteiger partial charge in [-0.25, -0.2) is 4.79 Å². The average molecular weight is 244 g/mol. The number of rotatable bonds is 6. The van der Waals surface area contributed by atoms with Crippen LogP contribution in [-0.2, 0) is 4.79 Å². The summed E-state index contributed by atoms with van der Waals surface area (Å²) in [7, 11) is 0.